The van der Waals surface area contributed by atoms with Crippen LogP contribution in [0.5, 0.6) is 5.75 Å². The van der Waals surface area contributed by atoms with Crippen LogP contribution in [-0.2, 0) is 21.3 Å². The summed E-state index contributed by atoms with van der Waals surface area (Å²) in [6.07, 6.45) is 2.98. The molecule has 6 nitrogen and oxygen atoms in total. The molecule has 3 aromatic carbocycles. The molecule has 4 rings (SSSR count). The number of alkyl halides is 3. The van der Waals surface area contributed by atoms with Crippen LogP contribution < -0.4 is 9.08 Å². The van der Waals surface area contributed by atoms with Gasteiger partial charge >= 0.3 is 21.6 Å². The third-order valence-electron chi connectivity index (χ3n) is 6.70. The molecule has 0 fully saturated rings. The Bertz CT molecular complexity index is 1480. The summed E-state index contributed by atoms with van der Waals surface area (Å²) in [5.41, 5.74) is -0.355. The highest BCUT2D eigenvalue weighted by molar-refractivity contribution is 7.88. The van der Waals surface area contributed by atoms with E-state index in [1.807, 2.05) is 31.2 Å². The van der Waals surface area contributed by atoms with Crippen LogP contribution in [0.1, 0.15) is 60.5 Å². The highest BCUT2D eigenvalue weighted by Crippen LogP contribution is 2.42. The number of hydrogen-bond acceptors (Lipinski definition) is 5. The van der Waals surface area contributed by atoms with Gasteiger partial charge < -0.3 is 14.2 Å². The van der Waals surface area contributed by atoms with Crippen molar-refractivity contribution < 1.29 is 35.7 Å². The van der Waals surface area contributed by atoms with E-state index in [-0.39, 0.29) is 12.1 Å². The highest BCUT2D eigenvalue weighted by atomic mass is 32.2. The first-order chi connectivity index (χ1) is 18.3. The fourth-order valence-electron chi connectivity index (χ4n) is 4.80. The second-order valence-corrected chi connectivity index (χ2v) is 11.3. The molecule has 0 saturated heterocycles. The molecule has 0 bridgehead atoms. The quantitative estimate of drug-likeness (QED) is 0.198. The molecular formula is C29H28F3NO5S. The molecule has 0 unspecified atom stereocenters. The van der Waals surface area contributed by atoms with E-state index in [1.165, 1.54) is 23.8 Å². The summed E-state index contributed by atoms with van der Waals surface area (Å²) in [4.78, 5) is 13.1. The van der Waals surface area contributed by atoms with Gasteiger partial charge in [0, 0.05) is 17.8 Å². The Morgan fingerprint density at radius 2 is 1.69 bits per heavy atom. The van der Waals surface area contributed by atoms with Gasteiger partial charge in [0.25, 0.3) is 0 Å². The number of fused-ring (bicyclic) bond motifs is 1. The van der Waals surface area contributed by atoms with Gasteiger partial charge in [-0.05, 0) is 77.4 Å². The average Bonchev–Trinajstić information content (AvgIpc) is 2.86. The summed E-state index contributed by atoms with van der Waals surface area (Å²) in [5, 5.41) is 8.92. The molecule has 1 N–H and O–H groups in total. The molecule has 0 spiro atoms. The molecule has 0 amide bonds. The molecule has 39 heavy (non-hydrogen) atoms. The molecule has 0 aromatic heterocycles. The van der Waals surface area contributed by atoms with Gasteiger partial charge in [0.2, 0.25) is 0 Å². The van der Waals surface area contributed by atoms with Gasteiger partial charge in [0.15, 0.2) is 0 Å². The van der Waals surface area contributed by atoms with E-state index in [9.17, 15) is 26.4 Å². The van der Waals surface area contributed by atoms with E-state index in [2.05, 4.69) is 35.1 Å². The molecule has 2 atom stereocenters. The summed E-state index contributed by atoms with van der Waals surface area (Å²) in [7, 11) is -5.80. The van der Waals surface area contributed by atoms with E-state index in [1.54, 1.807) is 18.2 Å². The fourth-order valence-corrected chi connectivity index (χ4v) is 5.26. The van der Waals surface area contributed by atoms with Gasteiger partial charge in [0.1, 0.15) is 5.75 Å². The zero-order valence-corrected chi connectivity index (χ0v) is 22.3. The van der Waals surface area contributed by atoms with Crippen LogP contribution in [0, 0.1) is 0 Å². The molecular weight excluding hydrogens is 531 g/mol. The molecule has 0 radical (unpaired) electrons. The van der Waals surface area contributed by atoms with E-state index in [0.717, 1.165) is 22.9 Å². The summed E-state index contributed by atoms with van der Waals surface area (Å²) in [5.74, 6) is -1.11. The summed E-state index contributed by atoms with van der Waals surface area (Å²) in [6.45, 7) is 6.21. The van der Waals surface area contributed by atoms with Gasteiger partial charge in [-0.25, -0.2) is 4.79 Å². The van der Waals surface area contributed by atoms with Crippen LogP contribution in [-0.4, -0.2) is 31.0 Å². The summed E-state index contributed by atoms with van der Waals surface area (Å²) < 4.78 is 66.2. The van der Waals surface area contributed by atoms with Gasteiger partial charge in [0.05, 0.1) is 6.04 Å². The van der Waals surface area contributed by atoms with Crippen molar-refractivity contribution in [1.82, 2.24) is 0 Å². The van der Waals surface area contributed by atoms with Crippen LogP contribution in [0.2, 0.25) is 0 Å². The zero-order valence-electron chi connectivity index (χ0n) is 21.5. The molecule has 1 aliphatic rings. The lowest BCUT2D eigenvalue weighted by molar-refractivity contribution is -0.131. The Labute approximate surface area is 225 Å². The van der Waals surface area contributed by atoms with Crippen molar-refractivity contribution in [2.75, 3.05) is 4.90 Å². The van der Waals surface area contributed by atoms with Gasteiger partial charge in [-0.2, -0.15) is 21.6 Å². The van der Waals surface area contributed by atoms with Crippen molar-refractivity contribution in [3.63, 3.8) is 0 Å². The molecule has 0 saturated carbocycles. The molecule has 0 aliphatic carbocycles. The first-order valence-corrected chi connectivity index (χ1v) is 13.7. The Kier molecular flexibility index (Phi) is 7.79. The van der Waals surface area contributed by atoms with Crippen LogP contribution in [0.3, 0.4) is 0 Å². The summed E-state index contributed by atoms with van der Waals surface area (Å²) in [6, 6.07) is 19.3. The third-order valence-corrected chi connectivity index (χ3v) is 7.67. The lowest BCUT2D eigenvalue weighted by Crippen LogP contribution is -2.43. The minimum Gasteiger partial charge on any atom is -0.478 e. The smallest absolute Gasteiger partial charge is 0.478 e. The van der Waals surface area contributed by atoms with Gasteiger partial charge in [-0.1, -0.05) is 56.3 Å². The normalized spacial score (nSPS) is 17.9. The number of carbonyl (C=O) groups is 1. The van der Waals surface area contributed by atoms with Crippen LogP contribution in [0.25, 0.3) is 6.08 Å². The highest BCUT2D eigenvalue weighted by Gasteiger charge is 2.48. The maximum Gasteiger partial charge on any atom is 0.534 e. The first kappa shape index (κ1) is 28.2. The van der Waals surface area contributed by atoms with Crippen LogP contribution >= 0.6 is 0 Å². The summed E-state index contributed by atoms with van der Waals surface area (Å²) >= 11 is 0. The number of rotatable bonds is 7. The molecule has 206 valence electrons. The van der Waals surface area contributed by atoms with Crippen molar-refractivity contribution >= 4 is 27.9 Å². The first-order valence-electron chi connectivity index (χ1n) is 12.3. The van der Waals surface area contributed by atoms with Crippen molar-refractivity contribution in [2.24, 2.45) is 0 Å². The average molecular weight is 560 g/mol. The standard InChI is InChI=1S/C29H28F3NO5S/c1-18(2)21-9-11-24(12-10-21)33-19(3)16-23-17-25(38-39(36,37)29(30,31)32)13-14-26(23)28(33)22-7-4-20(5-8-22)6-15-27(34)35/h4-15,17-19,28H,16H2,1-3H3,(H,34,35)/t19-,28-/m0/s1. The van der Waals surface area contributed by atoms with E-state index in [0.29, 0.717) is 23.5 Å². The maximum atomic E-state index is 12.9. The lowest BCUT2D eigenvalue weighted by atomic mass is 9.84. The number of nitrogens with zero attached hydrogens (tertiary/aromatic N) is 1. The maximum absolute atomic E-state index is 12.9. The SMILES string of the molecule is CC(C)c1ccc(N2[C@@H](c3ccc(C=CC(=O)O)cc3)c3ccc(OS(=O)(=O)C(F)(F)F)cc3C[C@@H]2C)cc1. The minimum absolute atomic E-state index is 0.103. The predicted octanol–water partition coefficient (Wildman–Crippen LogP) is 6.68. The van der Waals surface area contributed by atoms with Crippen molar-refractivity contribution in [3.8, 4) is 5.75 Å². The largest absolute Gasteiger partial charge is 0.534 e. The predicted molar refractivity (Wildman–Crippen MR) is 143 cm³/mol. The van der Waals surface area contributed by atoms with Crippen molar-refractivity contribution in [1.29, 1.82) is 0 Å². The number of benzene rings is 3. The number of anilines is 1. The van der Waals surface area contributed by atoms with Crippen molar-refractivity contribution in [3.05, 3.63) is 101 Å². The Hall–Kier alpha value is -3.79. The molecule has 1 aliphatic heterocycles. The van der Waals surface area contributed by atoms with Crippen LogP contribution in [0.4, 0.5) is 18.9 Å². The van der Waals surface area contributed by atoms with E-state index >= 15 is 0 Å². The minimum atomic E-state index is -5.80. The second-order valence-electron chi connectivity index (χ2n) is 9.79. The number of carboxylic acid groups (broad SMARTS) is 1. The zero-order chi connectivity index (χ0) is 28.5. The van der Waals surface area contributed by atoms with E-state index < -0.39 is 27.3 Å². The molecule has 10 heteroatoms. The topological polar surface area (TPSA) is 83.9 Å². The lowest BCUT2D eigenvalue weighted by Gasteiger charge is -2.44. The monoisotopic (exact) mass is 559 g/mol. The number of carboxylic acids is 1. The van der Waals surface area contributed by atoms with Gasteiger partial charge in [-0.15, -0.1) is 0 Å². The molecule has 1 heterocycles. The van der Waals surface area contributed by atoms with E-state index in [4.69, 9.17) is 5.11 Å². The van der Waals surface area contributed by atoms with Crippen molar-refractivity contribution in [2.45, 2.75) is 50.7 Å². The Morgan fingerprint density at radius 3 is 2.26 bits per heavy atom. The Balaban J connectivity index is 1.79. The molecule has 3 aromatic rings. The second kappa shape index (κ2) is 10.8. The number of aliphatic carboxylic acids is 1. The number of halogens is 3. The van der Waals surface area contributed by atoms with Crippen LogP contribution in [0.15, 0.2) is 72.8 Å². The fraction of sp³-hybridized carbons (Fsp3) is 0.276. The van der Waals surface area contributed by atoms with Gasteiger partial charge in [-0.3, -0.25) is 0 Å². The Morgan fingerprint density at radius 1 is 1.05 bits per heavy atom. The third kappa shape index (κ3) is 6.11. The number of hydrogen-bond donors (Lipinski definition) is 1.